The van der Waals surface area contributed by atoms with E-state index in [1.54, 1.807) is 13.8 Å². The Balaban J connectivity index is 0.00000190. The van der Waals surface area contributed by atoms with Crippen LogP contribution in [0.1, 0.15) is 74.1 Å². The summed E-state index contributed by atoms with van der Waals surface area (Å²) in [6.45, 7) is 7.98. The molecule has 2 aliphatic heterocycles. The lowest BCUT2D eigenvalue weighted by atomic mass is 9.61. The van der Waals surface area contributed by atoms with Gasteiger partial charge in [0.2, 0.25) is 0 Å². The summed E-state index contributed by atoms with van der Waals surface area (Å²) < 4.78 is 54.3. The van der Waals surface area contributed by atoms with E-state index in [4.69, 9.17) is 9.47 Å². The second-order valence-corrected chi connectivity index (χ2v) is 13.2. The molecule has 11 nitrogen and oxygen atoms in total. The standard InChI is InChI=1S/C32H36F3N7O3.CH5N/c1-18(2)42(21-11-32(34,35)12-21)30(43)23-10-20(33)4-5-25(23)45-29-28(38-17-39-40-29)41-15-31(16-41)13-22(14-31)44-26-7-9-37-24-6-8-36-19(3)27(24)26;1-2/h4-5,7,9-10,17-19,21-22,36H,6,8,11-16H2,1-3H3;2H2,1H3. The molecule has 0 bridgehead atoms. The Hall–Kier alpha value is -4.04. The van der Waals surface area contributed by atoms with Crippen molar-refractivity contribution in [2.75, 3.05) is 31.6 Å². The Labute approximate surface area is 272 Å². The second-order valence-electron chi connectivity index (χ2n) is 13.2. The Kier molecular flexibility index (Phi) is 9.00. The first-order valence-electron chi connectivity index (χ1n) is 16.1. The topological polar surface area (TPSA) is 132 Å². The van der Waals surface area contributed by atoms with Crippen molar-refractivity contribution < 1.29 is 27.4 Å². The SMILES string of the molecule is CC1NCCc2nccc(OC3CC4(C3)CN(c3ncnnc3Oc3ccc(F)cc3C(=O)N(C(C)C)C3CC(F)(F)C3)C4)c21.CN. The number of nitrogens with one attached hydrogen (secondary N) is 1. The summed E-state index contributed by atoms with van der Waals surface area (Å²) in [6, 6.07) is 4.71. The van der Waals surface area contributed by atoms with E-state index in [-0.39, 0.29) is 40.8 Å². The number of rotatable bonds is 8. The minimum atomic E-state index is -2.81. The van der Waals surface area contributed by atoms with Gasteiger partial charge in [-0.05, 0) is 64.9 Å². The largest absolute Gasteiger partial charge is 0.490 e. The number of fused-ring (bicyclic) bond motifs is 1. The molecule has 47 heavy (non-hydrogen) atoms. The van der Waals surface area contributed by atoms with E-state index in [9.17, 15) is 18.0 Å². The summed E-state index contributed by atoms with van der Waals surface area (Å²) in [5.41, 5.74) is 6.76. The molecule has 2 aliphatic carbocycles. The van der Waals surface area contributed by atoms with Crippen molar-refractivity contribution in [3.05, 3.63) is 59.4 Å². The van der Waals surface area contributed by atoms with Crippen molar-refractivity contribution in [2.24, 2.45) is 11.1 Å². The summed E-state index contributed by atoms with van der Waals surface area (Å²) in [6.07, 6.45) is 5.10. The van der Waals surface area contributed by atoms with Crippen LogP contribution < -0.4 is 25.4 Å². The lowest BCUT2D eigenvalue weighted by Crippen LogP contribution is -2.65. The van der Waals surface area contributed by atoms with E-state index in [2.05, 4.69) is 38.1 Å². The van der Waals surface area contributed by atoms with Gasteiger partial charge in [0.1, 0.15) is 29.7 Å². The van der Waals surface area contributed by atoms with Gasteiger partial charge in [-0.3, -0.25) is 9.78 Å². The number of hydrogen-bond donors (Lipinski definition) is 2. The molecule has 4 aliphatic rings. The number of nitrogens with two attached hydrogens (primary N) is 1. The zero-order valence-electron chi connectivity index (χ0n) is 27.0. The maximum atomic E-state index is 14.4. The molecule has 2 aromatic heterocycles. The highest BCUT2D eigenvalue weighted by atomic mass is 19.3. The van der Waals surface area contributed by atoms with E-state index in [0.717, 1.165) is 62.0 Å². The average Bonchev–Trinajstić information content (AvgIpc) is 2.99. The first kappa shape index (κ1) is 32.9. The molecular formula is C33H41F3N8O3. The van der Waals surface area contributed by atoms with Crippen molar-refractivity contribution in [2.45, 2.75) is 83.0 Å². The highest BCUT2D eigenvalue weighted by Crippen LogP contribution is 2.52. The molecule has 1 spiro atoms. The van der Waals surface area contributed by atoms with Crippen LogP contribution >= 0.6 is 0 Å². The molecule has 4 heterocycles. The minimum Gasteiger partial charge on any atom is -0.490 e. The van der Waals surface area contributed by atoms with Crippen LogP contribution in [-0.4, -0.2) is 81.8 Å². The molecule has 3 N–H and O–H groups in total. The Morgan fingerprint density at radius 3 is 2.55 bits per heavy atom. The van der Waals surface area contributed by atoms with Gasteiger partial charge in [0.15, 0.2) is 5.82 Å². The normalized spacial score (nSPS) is 21.0. The smallest absolute Gasteiger partial charge is 0.282 e. The van der Waals surface area contributed by atoms with E-state index in [1.807, 2.05) is 17.2 Å². The van der Waals surface area contributed by atoms with Crippen molar-refractivity contribution in [1.29, 1.82) is 0 Å². The number of amides is 1. The number of halogens is 3. The van der Waals surface area contributed by atoms with Crippen molar-refractivity contribution in [3.63, 3.8) is 0 Å². The number of carbonyl (C=O) groups is 1. The van der Waals surface area contributed by atoms with Gasteiger partial charge in [0.05, 0.1) is 11.3 Å². The molecule has 1 unspecified atom stereocenters. The van der Waals surface area contributed by atoms with Crippen LogP contribution in [0.3, 0.4) is 0 Å². The number of hydrogen-bond acceptors (Lipinski definition) is 10. The molecule has 1 saturated heterocycles. The molecule has 0 radical (unpaired) electrons. The van der Waals surface area contributed by atoms with Gasteiger partial charge < -0.3 is 30.3 Å². The third-order valence-corrected chi connectivity index (χ3v) is 9.45. The molecule has 3 fully saturated rings. The predicted octanol–water partition coefficient (Wildman–Crippen LogP) is 4.68. The first-order chi connectivity index (χ1) is 22.5. The monoisotopic (exact) mass is 654 g/mol. The average molecular weight is 655 g/mol. The molecular weight excluding hydrogens is 613 g/mol. The quantitative estimate of drug-likeness (QED) is 0.353. The summed E-state index contributed by atoms with van der Waals surface area (Å²) >= 11 is 0. The predicted molar refractivity (Wildman–Crippen MR) is 168 cm³/mol. The second kappa shape index (κ2) is 12.9. The van der Waals surface area contributed by atoms with E-state index >= 15 is 0 Å². The van der Waals surface area contributed by atoms with Crippen LogP contribution in [0.25, 0.3) is 0 Å². The number of carbonyl (C=O) groups excluding carboxylic acids is 1. The van der Waals surface area contributed by atoms with Gasteiger partial charge in [-0.15, -0.1) is 10.2 Å². The third kappa shape index (κ3) is 6.45. The Morgan fingerprint density at radius 1 is 1.11 bits per heavy atom. The molecule has 1 aromatic carbocycles. The highest BCUT2D eigenvalue weighted by Gasteiger charge is 2.55. The summed E-state index contributed by atoms with van der Waals surface area (Å²) in [4.78, 5) is 26.0. The number of alkyl halides is 2. The fourth-order valence-corrected chi connectivity index (χ4v) is 7.30. The van der Waals surface area contributed by atoms with Gasteiger partial charge in [-0.25, -0.2) is 18.2 Å². The number of aromatic nitrogens is 4. The van der Waals surface area contributed by atoms with Gasteiger partial charge in [0, 0.05) is 74.2 Å². The van der Waals surface area contributed by atoms with Crippen LogP contribution in [0, 0.1) is 11.2 Å². The Bertz CT molecular complexity index is 1600. The van der Waals surface area contributed by atoms with Gasteiger partial charge >= 0.3 is 0 Å². The maximum Gasteiger partial charge on any atom is 0.282 e. The molecule has 1 amide bonds. The van der Waals surface area contributed by atoms with Crippen LogP contribution in [0.4, 0.5) is 19.0 Å². The van der Waals surface area contributed by atoms with Gasteiger partial charge in [-0.1, -0.05) is 0 Å². The summed E-state index contributed by atoms with van der Waals surface area (Å²) in [5.74, 6) is -2.54. The van der Waals surface area contributed by atoms with Crippen LogP contribution in [0.5, 0.6) is 17.4 Å². The first-order valence-corrected chi connectivity index (χ1v) is 16.1. The van der Waals surface area contributed by atoms with E-state index < -0.39 is 36.5 Å². The maximum absolute atomic E-state index is 14.4. The number of benzene rings is 1. The zero-order valence-corrected chi connectivity index (χ0v) is 27.0. The third-order valence-electron chi connectivity index (χ3n) is 9.45. The zero-order chi connectivity index (χ0) is 33.5. The lowest BCUT2D eigenvalue weighted by molar-refractivity contribution is -0.120. The van der Waals surface area contributed by atoms with E-state index in [0.29, 0.717) is 5.82 Å². The summed E-state index contributed by atoms with van der Waals surface area (Å²) in [5, 5.41) is 11.5. The lowest BCUT2D eigenvalue weighted by Gasteiger charge is -2.58. The van der Waals surface area contributed by atoms with Crippen molar-refractivity contribution >= 4 is 11.7 Å². The van der Waals surface area contributed by atoms with Crippen LogP contribution in [0.2, 0.25) is 0 Å². The minimum absolute atomic E-state index is 0.0541. The number of anilines is 1. The van der Waals surface area contributed by atoms with E-state index in [1.165, 1.54) is 30.4 Å². The fourth-order valence-electron chi connectivity index (χ4n) is 7.30. The number of pyridine rings is 1. The highest BCUT2D eigenvalue weighted by molar-refractivity contribution is 5.97. The molecule has 14 heteroatoms. The molecule has 1 atom stereocenters. The van der Waals surface area contributed by atoms with Crippen LogP contribution in [0.15, 0.2) is 36.8 Å². The molecule has 7 rings (SSSR count). The number of ether oxygens (including phenoxy) is 2. The van der Waals surface area contributed by atoms with Crippen LogP contribution in [-0.2, 0) is 6.42 Å². The van der Waals surface area contributed by atoms with Crippen molar-refractivity contribution in [3.8, 4) is 17.4 Å². The van der Waals surface area contributed by atoms with Gasteiger partial charge in [0.25, 0.3) is 17.7 Å². The summed E-state index contributed by atoms with van der Waals surface area (Å²) in [7, 11) is 1.50. The Morgan fingerprint density at radius 2 is 1.85 bits per heavy atom. The fraction of sp³-hybridized carbons (Fsp3) is 0.545. The molecule has 252 valence electrons. The molecule has 3 aromatic rings. The number of nitrogens with zero attached hydrogens (tertiary/aromatic N) is 6. The van der Waals surface area contributed by atoms with Crippen molar-refractivity contribution in [1.82, 2.24) is 30.4 Å². The molecule has 2 saturated carbocycles. The van der Waals surface area contributed by atoms with Gasteiger partial charge in [-0.2, -0.15) is 0 Å².